The number of amides is 2. The van der Waals surface area contributed by atoms with Gasteiger partial charge in [0.25, 0.3) is 11.8 Å². The number of ether oxygens (including phenoxy) is 1. The molecule has 0 saturated heterocycles. The van der Waals surface area contributed by atoms with E-state index in [1.165, 1.54) is 0 Å². The highest BCUT2D eigenvalue weighted by Crippen LogP contribution is 2.22. The zero-order chi connectivity index (χ0) is 20.8. The molecule has 2 N–H and O–H groups in total. The van der Waals surface area contributed by atoms with Crippen LogP contribution in [0.3, 0.4) is 0 Å². The topological polar surface area (TPSA) is 67.4 Å². The number of carbonyl (C=O) groups is 2. The molecule has 0 heterocycles. The quantitative estimate of drug-likeness (QED) is 0.587. The van der Waals surface area contributed by atoms with Gasteiger partial charge in [0.2, 0.25) is 0 Å². The van der Waals surface area contributed by atoms with E-state index in [0.717, 1.165) is 16.8 Å². The van der Waals surface area contributed by atoms with Crippen LogP contribution in [-0.2, 0) is 4.79 Å². The van der Waals surface area contributed by atoms with E-state index in [1.54, 1.807) is 48.5 Å². The highest BCUT2D eigenvalue weighted by Gasteiger charge is 2.15. The molecule has 6 heteroatoms. The van der Waals surface area contributed by atoms with Crippen molar-refractivity contribution in [1.82, 2.24) is 0 Å². The van der Waals surface area contributed by atoms with Crippen LogP contribution in [0.5, 0.6) is 5.75 Å². The third-order valence-corrected chi connectivity index (χ3v) is 4.73. The van der Waals surface area contributed by atoms with Gasteiger partial charge >= 0.3 is 0 Å². The predicted molar refractivity (Wildman–Crippen MR) is 116 cm³/mol. The van der Waals surface area contributed by atoms with Crippen LogP contribution in [0, 0.1) is 13.8 Å². The Kier molecular flexibility index (Phi) is 6.52. The van der Waals surface area contributed by atoms with Crippen molar-refractivity contribution in [2.24, 2.45) is 0 Å². The molecule has 3 rings (SSSR count). The summed E-state index contributed by atoms with van der Waals surface area (Å²) < 4.78 is 5.45. The summed E-state index contributed by atoms with van der Waals surface area (Å²) in [6, 6.07) is 19.3. The lowest BCUT2D eigenvalue weighted by Gasteiger charge is -2.14. The monoisotopic (exact) mass is 408 g/mol. The highest BCUT2D eigenvalue weighted by molar-refractivity contribution is 6.30. The van der Waals surface area contributed by atoms with Gasteiger partial charge in [-0.2, -0.15) is 0 Å². The Labute approximate surface area is 174 Å². The molecule has 0 saturated carbocycles. The van der Waals surface area contributed by atoms with Crippen LogP contribution in [0.15, 0.2) is 66.7 Å². The SMILES string of the molecule is Cc1cccc(NC(=O)c2ccccc2NC(=O)COc2ccc(Cl)cc2)c1C. The third kappa shape index (κ3) is 5.36. The maximum absolute atomic E-state index is 12.8. The van der Waals surface area contributed by atoms with Crippen LogP contribution in [0.25, 0.3) is 0 Å². The normalized spacial score (nSPS) is 10.3. The van der Waals surface area contributed by atoms with Crippen molar-refractivity contribution in [1.29, 1.82) is 0 Å². The number of hydrogen-bond acceptors (Lipinski definition) is 3. The number of hydrogen-bond donors (Lipinski definition) is 2. The van der Waals surface area contributed by atoms with E-state index >= 15 is 0 Å². The van der Waals surface area contributed by atoms with Gasteiger partial charge in [-0.05, 0) is 67.4 Å². The summed E-state index contributed by atoms with van der Waals surface area (Å²) in [5.41, 5.74) is 3.61. The lowest BCUT2D eigenvalue weighted by molar-refractivity contribution is -0.118. The standard InChI is InChI=1S/C23H21ClN2O3/c1-15-6-5-9-20(16(15)2)26-23(28)19-7-3-4-8-21(19)25-22(27)14-29-18-12-10-17(24)11-13-18/h3-13H,14H2,1-2H3,(H,25,27)(H,26,28). The van der Waals surface area contributed by atoms with Crippen LogP contribution in [0.2, 0.25) is 5.02 Å². The van der Waals surface area contributed by atoms with Crippen molar-refractivity contribution in [3.63, 3.8) is 0 Å². The smallest absolute Gasteiger partial charge is 0.262 e. The van der Waals surface area contributed by atoms with E-state index < -0.39 is 0 Å². The first-order valence-corrected chi connectivity index (χ1v) is 9.46. The van der Waals surface area contributed by atoms with Gasteiger partial charge in [-0.25, -0.2) is 0 Å². The van der Waals surface area contributed by atoms with Gasteiger partial charge < -0.3 is 15.4 Å². The van der Waals surface area contributed by atoms with Gasteiger partial charge in [0.05, 0.1) is 11.3 Å². The summed E-state index contributed by atoms with van der Waals surface area (Å²) in [5, 5.41) is 6.23. The van der Waals surface area contributed by atoms with Crippen LogP contribution < -0.4 is 15.4 Å². The molecule has 0 aliphatic rings. The fourth-order valence-electron chi connectivity index (χ4n) is 2.73. The Bertz CT molecular complexity index is 1030. The number of anilines is 2. The number of para-hydroxylation sites is 1. The third-order valence-electron chi connectivity index (χ3n) is 4.48. The molecule has 2 amide bonds. The lowest BCUT2D eigenvalue weighted by atomic mass is 10.1. The predicted octanol–water partition coefficient (Wildman–Crippen LogP) is 5.23. The van der Waals surface area contributed by atoms with E-state index in [2.05, 4.69) is 10.6 Å². The van der Waals surface area contributed by atoms with Gasteiger partial charge in [-0.1, -0.05) is 35.9 Å². The Hall–Kier alpha value is -3.31. The molecule has 148 valence electrons. The van der Waals surface area contributed by atoms with Crippen molar-refractivity contribution in [2.45, 2.75) is 13.8 Å². The van der Waals surface area contributed by atoms with Gasteiger partial charge in [-0.15, -0.1) is 0 Å². The Morgan fingerprint density at radius 3 is 2.31 bits per heavy atom. The van der Waals surface area contributed by atoms with E-state index in [-0.39, 0.29) is 18.4 Å². The maximum atomic E-state index is 12.8. The molecule has 0 unspecified atom stereocenters. The number of benzene rings is 3. The summed E-state index contributed by atoms with van der Waals surface area (Å²) >= 11 is 5.83. The minimum absolute atomic E-state index is 0.186. The van der Waals surface area contributed by atoms with Crippen molar-refractivity contribution in [3.05, 3.63) is 88.4 Å². The molecule has 29 heavy (non-hydrogen) atoms. The zero-order valence-corrected chi connectivity index (χ0v) is 16.9. The average Bonchev–Trinajstić information content (AvgIpc) is 2.71. The molecule has 0 aliphatic heterocycles. The molecule has 5 nitrogen and oxygen atoms in total. The molecule has 0 bridgehead atoms. The number of halogens is 1. The molecule has 0 aromatic heterocycles. The van der Waals surface area contributed by atoms with Gasteiger partial charge in [-0.3, -0.25) is 9.59 Å². The highest BCUT2D eigenvalue weighted by atomic mass is 35.5. The average molecular weight is 409 g/mol. The minimum Gasteiger partial charge on any atom is -0.484 e. The van der Waals surface area contributed by atoms with E-state index in [1.807, 2.05) is 32.0 Å². The zero-order valence-electron chi connectivity index (χ0n) is 16.2. The fourth-order valence-corrected chi connectivity index (χ4v) is 2.86. The first-order valence-electron chi connectivity index (χ1n) is 9.09. The second kappa shape index (κ2) is 9.26. The van der Waals surface area contributed by atoms with Crippen LogP contribution in [0.1, 0.15) is 21.5 Å². The molecule has 3 aromatic carbocycles. The Morgan fingerprint density at radius 2 is 1.55 bits per heavy atom. The number of rotatable bonds is 6. The van der Waals surface area contributed by atoms with Crippen LogP contribution >= 0.6 is 11.6 Å². The van der Waals surface area contributed by atoms with Gasteiger partial charge in [0, 0.05) is 10.7 Å². The van der Waals surface area contributed by atoms with E-state index in [4.69, 9.17) is 16.3 Å². The second-order valence-corrected chi connectivity index (χ2v) is 6.97. The van der Waals surface area contributed by atoms with Crippen molar-refractivity contribution in [3.8, 4) is 5.75 Å². The van der Waals surface area contributed by atoms with Gasteiger partial charge in [0.1, 0.15) is 5.75 Å². The summed E-state index contributed by atoms with van der Waals surface area (Å²) in [4.78, 5) is 25.1. The summed E-state index contributed by atoms with van der Waals surface area (Å²) in [7, 11) is 0. The number of carbonyl (C=O) groups excluding carboxylic acids is 2. The number of aryl methyl sites for hydroxylation is 1. The Balaban J connectivity index is 1.67. The summed E-state index contributed by atoms with van der Waals surface area (Å²) in [6.45, 7) is 3.75. The van der Waals surface area contributed by atoms with Crippen molar-refractivity contribution < 1.29 is 14.3 Å². The molecule has 0 fully saturated rings. The Morgan fingerprint density at radius 1 is 0.862 bits per heavy atom. The van der Waals surface area contributed by atoms with Crippen molar-refractivity contribution >= 4 is 34.8 Å². The molecule has 0 spiro atoms. The van der Waals surface area contributed by atoms with Crippen LogP contribution in [-0.4, -0.2) is 18.4 Å². The molecular formula is C23H21ClN2O3. The van der Waals surface area contributed by atoms with Crippen LogP contribution in [0.4, 0.5) is 11.4 Å². The lowest BCUT2D eigenvalue weighted by Crippen LogP contribution is -2.23. The first kappa shape index (κ1) is 20.4. The first-order chi connectivity index (χ1) is 13.9. The fraction of sp³-hybridized carbons (Fsp3) is 0.130. The van der Waals surface area contributed by atoms with Crippen molar-refractivity contribution in [2.75, 3.05) is 17.2 Å². The van der Waals surface area contributed by atoms with E-state index in [0.29, 0.717) is 22.0 Å². The maximum Gasteiger partial charge on any atom is 0.262 e. The van der Waals surface area contributed by atoms with Gasteiger partial charge in [0.15, 0.2) is 6.61 Å². The minimum atomic E-state index is -0.369. The summed E-state index contributed by atoms with van der Waals surface area (Å²) in [5.74, 6) is -0.134. The number of nitrogens with one attached hydrogen (secondary N) is 2. The largest absolute Gasteiger partial charge is 0.484 e. The molecule has 0 atom stereocenters. The molecule has 0 aliphatic carbocycles. The molecular weight excluding hydrogens is 388 g/mol. The second-order valence-electron chi connectivity index (χ2n) is 6.54. The summed E-state index contributed by atoms with van der Waals surface area (Å²) in [6.07, 6.45) is 0. The molecule has 3 aromatic rings. The molecule has 0 radical (unpaired) electrons. The van der Waals surface area contributed by atoms with E-state index in [9.17, 15) is 9.59 Å².